The normalized spacial score (nSPS) is 18.0. The van der Waals surface area contributed by atoms with E-state index >= 15 is 0 Å². The minimum absolute atomic E-state index is 0.0944. The molecule has 0 atom stereocenters. The molecule has 2 heterocycles. The zero-order chi connectivity index (χ0) is 22.7. The summed E-state index contributed by atoms with van der Waals surface area (Å²) in [4.78, 5) is 13.1. The number of benzene rings is 1. The third kappa shape index (κ3) is 4.89. The fraction of sp³-hybridized carbons (Fsp3) is 0.609. The molecule has 1 aromatic heterocycles. The van der Waals surface area contributed by atoms with Crippen LogP contribution < -0.4 is 5.32 Å². The summed E-state index contributed by atoms with van der Waals surface area (Å²) >= 11 is 1.44. The van der Waals surface area contributed by atoms with E-state index in [0.717, 1.165) is 42.7 Å². The monoisotopic (exact) mass is 476 g/mol. The quantitative estimate of drug-likeness (QED) is 0.641. The number of hydrogen-bond donors (Lipinski definition) is 1. The molecule has 32 heavy (non-hydrogen) atoms. The lowest BCUT2D eigenvalue weighted by Crippen LogP contribution is -2.41. The predicted molar refractivity (Wildman–Crippen MR) is 126 cm³/mol. The van der Waals surface area contributed by atoms with Crippen molar-refractivity contribution in [2.75, 3.05) is 18.4 Å². The number of fused-ring (bicyclic) bond motifs is 1. The van der Waals surface area contributed by atoms with E-state index in [1.807, 2.05) is 12.1 Å². The lowest BCUT2D eigenvalue weighted by molar-refractivity contribution is -0.120. The maximum Gasteiger partial charge on any atom is 0.243 e. The van der Waals surface area contributed by atoms with E-state index in [1.54, 1.807) is 6.07 Å². The molecule has 1 aliphatic carbocycles. The minimum Gasteiger partial charge on any atom is -0.300 e. The fourth-order valence-electron chi connectivity index (χ4n) is 4.67. The van der Waals surface area contributed by atoms with Gasteiger partial charge in [-0.2, -0.15) is 4.31 Å². The van der Waals surface area contributed by atoms with E-state index in [-0.39, 0.29) is 11.8 Å². The Kier molecular flexibility index (Phi) is 7.27. The Morgan fingerprint density at radius 1 is 1.12 bits per heavy atom. The molecule has 2 aromatic rings. The van der Waals surface area contributed by atoms with Crippen molar-refractivity contribution in [2.24, 2.45) is 5.92 Å². The third-order valence-electron chi connectivity index (χ3n) is 6.79. The van der Waals surface area contributed by atoms with Crippen LogP contribution in [0.25, 0.3) is 0 Å². The molecular weight excluding hydrogens is 444 g/mol. The maximum absolute atomic E-state index is 13.2. The first-order valence-electron chi connectivity index (χ1n) is 11.7. The van der Waals surface area contributed by atoms with E-state index in [0.29, 0.717) is 41.9 Å². The lowest BCUT2D eigenvalue weighted by atomic mass is 9.92. The number of piperidine rings is 1. The Labute approximate surface area is 194 Å². The van der Waals surface area contributed by atoms with Crippen LogP contribution in [0, 0.1) is 5.92 Å². The van der Waals surface area contributed by atoms with Crippen LogP contribution in [-0.4, -0.2) is 41.9 Å². The number of rotatable bonds is 7. The minimum atomic E-state index is -3.53. The van der Waals surface area contributed by atoms with Crippen LogP contribution in [0.5, 0.6) is 0 Å². The molecule has 1 amide bonds. The number of aromatic nitrogens is 2. The summed E-state index contributed by atoms with van der Waals surface area (Å²) in [6.07, 6.45) is 7.28. The van der Waals surface area contributed by atoms with Gasteiger partial charge in [-0.15, -0.1) is 10.2 Å². The van der Waals surface area contributed by atoms with E-state index in [4.69, 9.17) is 0 Å². The Morgan fingerprint density at radius 2 is 1.81 bits per heavy atom. The first-order valence-corrected chi connectivity index (χ1v) is 13.9. The van der Waals surface area contributed by atoms with Gasteiger partial charge in [0.25, 0.3) is 0 Å². The molecule has 1 aromatic carbocycles. The second-order valence-electron chi connectivity index (χ2n) is 8.76. The summed E-state index contributed by atoms with van der Waals surface area (Å²) in [5.41, 5.74) is 2.44. The molecule has 1 aliphatic heterocycles. The summed E-state index contributed by atoms with van der Waals surface area (Å²) in [5.74, 6) is 0.0590. The van der Waals surface area contributed by atoms with Gasteiger partial charge < -0.3 is 5.32 Å². The third-order valence-corrected chi connectivity index (χ3v) is 9.68. The number of nitrogens with one attached hydrogen (secondary N) is 1. The number of nitrogens with zero attached hydrogens (tertiary/aromatic N) is 3. The molecule has 0 bridgehead atoms. The van der Waals surface area contributed by atoms with E-state index in [9.17, 15) is 13.2 Å². The lowest BCUT2D eigenvalue weighted by Gasteiger charge is -2.30. The number of aryl methyl sites for hydroxylation is 2. The summed E-state index contributed by atoms with van der Waals surface area (Å²) in [6.45, 7) is 4.96. The molecule has 1 saturated heterocycles. The number of amides is 1. The van der Waals surface area contributed by atoms with Crippen LogP contribution >= 0.6 is 11.3 Å². The van der Waals surface area contributed by atoms with Gasteiger partial charge in [0.1, 0.15) is 5.01 Å². The Morgan fingerprint density at radius 3 is 2.50 bits per heavy atom. The Hall–Kier alpha value is -1.84. The van der Waals surface area contributed by atoms with Gasteiger partial charge in [-0.25, -0.2) is 8.42 Å². The molecule has 174 valence electrons. The van der Waals surface area contributed by atoms with E-state index in [1.165, 1.54) is 27.6 Å². The molecule has 4 rings (SSSR count). The van der Waals surface area contributed by atoms with Crippen molar-refractivity contribution in [3.63, 3.8) is 0 Å². The Bertz CT molecular complexity index is 1050. The van der Waals surface area contributed by atoms with Gasteiger partial charge >= 0.3 is 0 Å². The van der Waals surface area contributed by atoms with E-state index < -0.39 is 10.0 Å². The van der Waals surface area contributed by atoms with Crippen molar-refractivity contribution in [1.29, 1.82) is 0 Å². The van der Waals surface area contributed by atoms with E-state index in [2.05, 4.69) is 29.4 Å². The first kappa shape index (κ1) is 23.3. The average Bonchev–Trinajstić information content (AvgIpc) is 3.27. The number of anilines is 1. The maximum atomic E-state index is 13.2. The fourth-order valence-corrected chi connectivity index (χ4v) is 7.21. The Balaban J connectivity index is 1.36. The SMILES string of the molecule is CCC(CC)c1nnc(NC(=O)C2CCN(S(=O)(=O)c3ccc4c(c3)CCCC4)CC2)s1. The summed E-state index contributed by atoms with van der Waals surface area (Å²) in [7, 11) is -3.53. The predicted octanol–water partition coefficient (Wildman–Crippen LogP) is 4.36. The highest BCUT2D eigenvalue weighted by Crippen LogP contribution is 2.30. The van der Waals surface area contributed by atoms with Crippen LogP contribution in [-0.2, 0) is 27.7 Å². The van der Waals surface area contributed by atoms with Gasteiger partial charge in [0.2, 0.25) is 21.1 Å². The van der Waals surface area contributed by atoms with Gasteiger partial charge in [0, 0.05) is 24.9 Å². The van der Waals surface area contributed by atoms with Crippen LogP contribution in [0.1, 0.15) is 74.4 Å². The van der Waals surface area contributed by atoms with Gasteiger partial charge in [-0.3, -0.25) is 4.79 Å². The van der Waals surface area contributed by atoms with Crippen molar-refractivity contribution >= 4 is 32.4 Å². The number of carbonyl (C=O) groups excluding carboxylic acids is 1. The van der Waals surface area contributed by atoms with Crippen molar-refractivity contribution in [3.8, 4) is 0 Å². The van der Waals surface area contributed by atoms with Crippen molar-refractivity contribution in [1.82, 2.24) is 14.5 Å². The zero-order valence-electron chi connectivity index (χ0n) is 18.8. The topological polar surface area (TPSA) is 92.3 Å². The van der Waals surface area contributed by atoms with Crippen molar-refractivity contribution < 1.29 is 13.2 Å². The van der Waals surface area contributed by atoms with Crippen molar-refractivity contribution in [2.45, 2.75) is 76.0 Å². The van der Waals surface area contributed by atoms with Crippen LogP contribution in [0.15, 0.2) is 23.1 Å². The average molecular weight is 477 g/mol. The molecule has 1 fully saturated rings. The number of carbonyl (C=O) groups is 1. The highest BCUT2D eigenvalue weighted by atomic mass is 32.2. The largest absolute Gasteiger partial charge is 0.300 e. The second-order valence-corrected chi connectivity index (χ2v) is 11.7. The summed E-state index contributed by atoms with van der Waals surface area (Å²) in [6, 6.07) is 5.57. The summed E-state index contributed by atoms with van der Waals surface area (Å²) < 4.78 is 27.9. The molecule has 1 N–H and O–H groups in total. The number of sulfonamides is 1. The van der Waals surface area contributed by atoms with Crippen LogP contribution in [0.3, 0.4) is 0 Å². The van der Waals surface area contributed by atoms with Gasteiger partial charge in [0.15, 0.2) is 0 Å². The molecule has 0 spiro atoms. The highest BCUT2D eigenvalue weighted by Gasteiger charge is 2.33. The molecule has 2 aliphatic rings. The molecular formula is C23H32N4O3S2. The molecule has 0 saturated carbocycles. The second kappa shape index (κ2) is 9.97. The molecule has 9 heteroatoms. The molecule has 7 nitrogen and oxygen atoms in total. The highest BCUT2D eigenvalue weighted by molar-refractivity contribution is 7.89. The molecule has 0 radical (unpaired) electrons. The van der Waals surface area contributed by atoms with Gasteiger partial charge in [-0.1, -0.05) is 31.3 Å². The first-order chi connectivity index (χ1) is 15.4. The van der Waals surface area contributed by atoms with Crippen LogP contribution in [0.2, 0.25) is 0 Å². The van der Waals surface area contributed by atoms with Gasteiger partial charge in [0.05, 0.1) is 4.90 Å². The standard InChI is InChI=1S/C23H32N4O3S2/c1-3-16(4-2)22-25-26-23(31-22)24-21(28)18-11-13-27(14-12-18)32(29,30)20-10-9-17-7-5-6-8-19(17)15-20/h9-10,15-16,18H,3-8,11-14H2,1-2H3,(H,24,26,28). The molecule has 0 unspecified atom stereocenters. The smallest absolute Gasteiger partial charge is 0.243 e. The number of hydrogen-bond acceptors (Lipinski definition) is 6. The zero-order valence-corrected chi connectivity index (χ0v) is 20.5. The van der Waals surface area contributed by atoms with Crippen molar-refractivity contribution in [3.05, 3.63) is 34.3 Å². The van der Waals surface area contributed by atoms with Gasteiger partial charge in [-0.05, 0) is 74.6 Å². The van der Waals surface area contributed by atoms with Crippen LogP contribution in [0.4, 0.5) is 5.13 Å². The summed E-state index contributed by atoms with van der Waals surface area (Å²) in [5, 5.41) is 12.7.